The Morgan fingerprint density at radius 2 is 2.00 bits per heavy atom. The van der Waals surface area contributed by atoms with E-state index in [0.717, 1.165) is 6.07 Å². The molecule has 8 heteroatoms. The summed E-state index contributed by atoms with van der Waals surface area (Å²) in [7, 11) is 0. The maximum atomic E-state index is 13.3. The van der Waals surface area contributed by atoms with Crippen LogP contribution in [0.5, 0.6) is 11.5 Å². The van der Waals surface area contributed by atoms with E-state index in [4.69, 9.17) is 21.1 Å². The lowest BCUT2D eigenvalue weighted by Gasteiger charge is -1.99. The number of hydrogen-bond acceptors (Lipinski definition) is 4. The van der Waals surface area contributed by atoms with E-state index in [1.54, 1.807) is 5.32 Å². The van der Waals surface area contributed by atoms with E-state index >= 15 is 0 Å². The minimum absolute atomic E-state index is 0.0909. The highest BCUT2D eigenvalue weighted by Gasteiger charge is 2.22. The van der Waals surface area contributed by atoms with Gasteiger partial charge in [0.1, 0.15) is 5.82 Å². The second-order valence-corrected chi connectivity index (χ2v) is 3.92. The van der Waals surface area contributed by atoms with Crippen LogP contribution in [0.15, 0.2) is 22.6 Å². The molecule has 0 atom stereocenters. The van der Waals surface area contributed by atoms with Crippen LogP contribution in [0.1, 0.15) is 0 Å². The fourth-order valence-electron chi connectivity index (χ4n) is 1.43. The molecule has 2 rings (SSSR count). The number of anilines is 1. The molecule has 1 aromatic heterocycles. The number of hydrogen-bond donors (Lipinski definition) is 4. The first kappa shape index (κ1) is 13.0. The summed E-state index contributed by atoms with van der Waals surface area (Å²) in [6, 6.07) is 3.55. The number of carbonyl (C=O) groups is 1. The molecule has 4 N–H and O–H groups in total. The SMILES string of the molecule is O=C(O)Nc1oc(-c2ccc(Cl)c(F)c2)c(O)c1O. The standard InChI is InChI=1S/C11H7ClFNO5/c12-5-2-1-4(3-6(5)13)9-7(15)8(16)10(19-9)14-11(17)18/h1-3,14-16H,(H,17,18). The van der Waals surface area contributed by atoms with Gasteiger partial charge in [0.05, 0.1) is 5.02 Å². The fraction of sp³-hybridized carbons (Fsp3) is 0. The maximum absolute atomic E-state index is 13.3. The average Bonchev–Trinajstić information content (AvgIpc) is 2.60. The zero-order chi connectivity index (χ0) is 14.2. The molecule has 0 fully saturated rings. The van der Waals surface area contributed by atoms with Crippen molar-refractivity contribution in [1.82, 2.24) is 0 Å². The van der Waals surface area contributed by atoms with Crippen LogP contribution < -0.4 is 5.32 Å². The molecule has 0 saturated heterocycles. The largest absolute Gasteiger partial charge is 0.502 e. The quantitative estimate of drug-likeness (QED) is 0.679. The molecule has 0 radical (unpaired) electrons. The third-order valence-electron chi connectivity index (χ3n) is 2.26. The summed E-state index contributed by atoms with van der Waals surface area (Å²) in [5.74, 6) is -3.08. The van der Waals surface area contributed by atoms with Crippen molar-refractivity contribution in [2.75, 3.05) is 5.32 Å². The number of nitrogens with one attached hydrogen (secondary N) is 1. The van der Waals surface area contributed by atoms with Gasteiger partial charge in [0.15, 0.2) is 5.76 Å². The van der Waals surface area contributed by atoms with Gasteiger partial charge in [-0.1, -0.05) is 11.6 Å². The first-order chi connectivity index (χ1) is 8.90. The van der Waals surface area contributed by atoms with Crippen molar-refractivity contribution in [3.63, 3.8) is 0 Å². The van der Waals surface area contributed by atoms with E-state index in [2.05, 4.69) is 0 Å². The third-order valence-corrected chi connectivity index (χ3v) is 2.57. The fourth-order valence-corrected chi connectivity index (χ4v) is 1.55. The topological polar surface area (TPSA) is 103 Å². The molecule has 6 nitrogen and oxygen atoms in total. The predicted molar refractivity (Wildman–Crippen MR) is 64.1 cm³/mol. The first-order valence-electron chi connectivity index (χ1n) is 4.90. The molecule has 0 bridgehead atoms. The van der Waals surface area contributed by atoms with Crippen LogP contribution in [0, 0.1) is 5.82 Å². The van der Waals surface area contributed by atoms with E-state index in [-0.39, 0.29) is 16.3 Å². The molecule has 0 aliphatic heterocycles. The molecule has 1 amide bonds. The second kappa shape index (κ2) is 4.69. The molecule has 0 aliphatic carbocycles. The van der Waals surface area contributed by atoms with Gasteiger partial charge in [-0.2, -0.15) is 0 Å². The van der Waals surface area contributed by atoms with Gasteiger partial charge < -0.3 is 19.7 Å². The van der Waals surface area contributed by atoms with Gasteiger partial charge in [-0.25, -0.2) is 9.18 Å². The Labute approximate surface area is 110 Å². The highest BCUT2D eigenvalue weighted by atomic mass is 35.5. The highest BCUT2D eigenvalue weighted by Crippen LogP contribution is 2.45. The Morgan fingerprint density at radius 1 is 1.32 bits per heavy atom. The number of benzene rings is 1. The van der Waals surface area contributed by atoms with Crippen LogP contribution in [0.25, 0.3) is 11.3 Å². The molecule has 0 spiro atoms. The molecule has 2 aromatic rings. The molecule has 19 heavy (non-hydrogen) atoms. The summed E-state index contributed by atoms with van der Waals surface area (Å²) < 4.78 is 18.2. The Balaban J connectivity index is 2.50. The number of amides is 1. The number of aromatic hydroxyl groups is 2. The van der Waals surface area contributed by atoms with Gasteiger partial charge in [0.25, 0.3) is 0 Å². The molecule has 0 unspecified atom stereocenters. The summed E-state index contributed by atoms with van der Waals surface area (Å²) in [4.78, 5) is 10.4. The van der Waals surface area contributed by atoms with E-state index in [0.29, 0.717) is 0 Å². The van der Waals surface area contributed by atoms with Crippen LogP contribution in [-0.4, -0.2) is 21.4 Å². The van der Waals surface area contributed by atoms with Crippen molar-refractivity contribution in [2.24, 2.45) is 0 Å². The molecule has 0 saturated carbocycles. The van der Waals surface area contributed by atoms with Crippen LogP contribution >= 0.6 is 11.6 Å². The smallest absolute Gasteiger partial charge is 0.411 e. The van der Waals surface area contributed by atoms with Crippen LogP contribution in [0.4, 0.5) is 15.1 Å². The van der Waals surface area contributed by atoms with Gasteiger partial charge in [-0.3, -0.25) is 5.32 Å². The van der Waals surface area contributed by atoms with Crippen molar-refractivity contribution in [1.29, 1.82) is 0 Å². The number of rotatable bonds is 2. The average molecular weight is 288 g/mol. The highest BCUT2D eigenvalue weighted by molar-refractivity contribution is 6.30. The summed E-state index contributed by atoms with van der Waals surface area (Å²) in [6.07, 6.45) is -1.49. The van der Waals surface area contributed by atoms with Gasteiger partial charge in [0, 0.05) is 5.56 Å². The summed E-state index contributed by atoms with van der Waals surface area (Å²) in [6.45, 7) is 0. The summed E-state index contributed by atoms with van der Waals surface area (Å²) in [5.41, 5.74) is 0.0909. The van der Waals surface area contributed by atoms with E-state index in [1.807, 2.05) is 0 Å². The lowest BCUT2D eigenvalue weighted by molar-refractivity contribution is 0.209. The minimum atomic E-state index is -1.49. The van der Waals surface area contributed by atoms with Crippen molar-refractivity contribution in [3.05, 3.63) is 29.0 Å². The van der Waals surface area contributed by atoms with Crippen LogP contribution in [0.3, 0.4) is 0 Å². The van der Waals surface area contributed by atoms with Gasteiger partial charge in [0.2, 0.25) is 17.4 Å². The molecule has 0 aliphatic rings. The Morgan fingerprint density at radius 3 is 2.58 bits per heavy atom. The molecule has 1 heterocycles. The van der Waals surface area contributed by atoms with Crippen LogP contribution in [-0.2, 0) is 0 Å². The Kier molecular flexibility index (Phi) is 3.22. The van der Waals surface area contributed by atoms with Crippen molar-refractivity contribution < 1.29 is 28.9 Å². The summed E-state index contributed by atoms with van der Waals surface area (Å²) >= 11 is 5.51. The van der Waals surface area contributed by atoms with Crippen molar-refractivity contribution >= 4 is 23.6 Å². The normalized spacial score (nSPS) is 10.4. The number of carboxylic acid groups (broad SMARTS) is 1. The second-order valence-electron chi connectivity index (χ2n) is 3.52. The molecular weight excluding hydrogens is 281 g/mol. The molecular formula is C11H7ClFNO5. The van der Waals surface area contributed by atoms with Gasteiger partial charge in [-0.05, 0) is 18.2 Å². The van der Waals surface area contributed by atoms with E-state index in [1.165, 1.54) is 12.1 Å². The summed E-state index contributed by atoms with van der Waals surface area (Å²) in [5, 5.41) is 29.2. The Bertz CT molecular complexity index is 655. The van der Waals surface area contributed by atoms with E-state index < -0.39 is 29.3 Å². The predicted octanol–water partition coefficient (Wildman–Crippen LogP) is 3.24. The minimum Gasteiger partial charge on any atom is -0.502 e. The van der Waals surface area contributed by atoms with Crippen LogP contribution in [0.2, 0.25) is 5.02 Å². The monoisotopic (exact) mass is 287 g/mol. The zero-order valence-electron chi connectivity index (χ0n) is 9.15. The number of halogens is 2. The third kappa shape index (κ3) is 2.41. The molecule has 1 aromatic carbocycles. The lowest BCUT2D eigenvalue weighted by Crippen LogP contribution is -2.06. The first-order valence-corrected chi connectivity index (χ1v) is 5.28. The van der Waals surface area contributed by atoms with Crippen molar-refractivity contribution in [3.8, 4) is 22.8 Å². The van der Waals surface area contributed by atoms with E-state index in [9.17, 15) is 19.4 Å². The Hall–Kier alpha value is -2.41. The van der Waals surface area contributed by atoms with Crippen molar-refractivity contribution in [2.45, 2.75) is 0 Å². The van der Waals surface area contributed by atoms with Gasteiger partial charge >= 0.3 is 6.09 Å². The molecule has 100 valence electrons. The lowest BCUT2D eigenvalue weighted by atomic mass is 10.1. The van der Waals surface area contributed by atoms with Gasteiger partial charge in [-0.15, -0.1) is 0 Å². The zero-order valence-corrected chi connectivity index (χ0v) is 9.90. The maximum Gasteiger partial charge on any atom is 0.411 e. The number of furan rings is 1.